The third kappa shape index (κ3) is 4.17. The Morgan fingerprint density at radius 2 is 1.82 bits per heavy atom. The lowest BCUT2D eigenvalue weighted by molar-refractivity contribution is 0.121. The molecule has 0 radical (unpaired) electrons. The lowest BCUT2D eigenvalue weighted by Crippen LogP contribution is -2.46. The van der Waals surface area contributed by atoms with Crippen molar-refractivity contribution in [2.75, 3.05) is 19.7 Å². The van der Waals surface area contributed by atoms with Crippen molar-refractivity contribution in [2.45, 2.75) is 57.9 Å². The molecule has 1 aliphatic carbocycles. The number of ether oxygens (including phenoxy) is 1. The number of likely N-dealkylation sites (tertiary alicyclic amines) is 1. The molecule has 0 amide bonds. The molecule has 2 aromatic rings. The van der Waals surface area contributed by atoms with Gasteiger partial charge >= 0.3 is 0 Å². The van der Waals surface area contributed by atoms with E-state index in [0.717, 1.165) is 5.75 Å². The Morgan fingerprint density at radius 3 is 2.54 bits per heavy atom. The first kappa shape index (κ1) is 19.3. The molecule has 2 unspecified atom stereocenters. The van der Waals surface area contributed by atoms with Crippen LogP contribution in [0.3, 0.4) is 0 Å². The van der Waals surface area contributed by atoms with Gasteiger partial charge in [-0.15, -0.1) is 0 Å². The molecular formula is C26H33NO. The van der Waals surface area contributed by atoms with Gasteiger partial charge in [0, 0.05) is 12.0 Å². The predicted molar refractivity (Wildman–Crippen MR) is 118 cm³/mol. The fourth-order valence-corrected chi connectivity index (χ4v) is 4.69. The van der Waals surface area contributed by atoms with Gasteiger partial charge in [-0.1, -0.05) is 61.4 Å². The lowest BCUT2D eigenvalue weighted by atomic mass is 9.84. The van der Waals surface area contributed by atoms with Crippen LogP contribution in [0, 0.1) is 0 Å². The zero-order chi connectivity index (χ0) is 19.3. The number of hydrogen-bond donors (Lipinski definition) is 0. The van der Waals surface area contributed by atoms with Crippen molar-refractivity contribution < 1.29 is 4.74 Å². The fourth-order valence-electron chi connectivity index (χ4n) is 4.69. The molecule has 28 heavy (non-hydrogen) atoms. The molecule has 4 rings (SSSR count). The average molecular weight is 376 g/mol. The highest BCUT2D eigenvalue weighted by Crippen LogP contribution is 2.34. The van der Waals surface area contributed by atoms with E-state index in [4.69, 9.17) is 4.74 Å². The summed E-state index contributed by atoms with van der Waals surface area (Å²) in [5.74, 6) is 1.32. The summed E-state index contributed by atoms with van der Waals surface area (Å²) in [6, 6.07) is 18.3. The number of benzene rings is 2. The average Bonchev–Trinajstić information content (AvgIpc) is 2.69. The van der Waals surface area contributed by atoms with Crippen molar-refractivity contribution >= 4 is 6.08 Å². The Morgan fingerprint density at radius 1 is 1.04 bits per heavy atom. The molecule has 0 N–H and O–H groups in total. The summed E-state index contributed by atoms with van der Waals surface area (Å²) in [7, 11) is 0. The molecule has 1 aliphatic heterocycles. The highest BCUT2D eigenvalue weighted by atomic mass is 16.5. The zero-order valence-corrected chi connectivity index (χ0v) is 17.4. The molecule has 1 heterocycles. The molecule has 0 spiro atoms. The van der Waals surface area contributed by atoms with Gasteiger partial charge in [-0.3, -0.25) is 4.90 Å². The Balaban J connectivity index is 1.60. The van der Waals surface area contributed by atoms with Gasteiger partial charge in [-0.25, -0.2) is 0 Å². The zero-order valence-electron chi connectivity index (χ0n) is 17.4. The van der Waals surface area contributed by atoms with Crippen LogP contribution in [0.4, 0.5) is 0 Å². The van der Waals surface area contributed by atoms with Crippen LogP contribution in [-0.2, 0) is 0 Å². The Hall–Kier alpha value is -2.06. The van der Waals surface area contributed by atoms with Crippen LogP contribution >= 0.6 is 0 Å². The monoisotopic (exact) mass is 375 g/mol. The van der Waals surface area contributed by atoms with Gasteiger partial charge < -0.3 is 4.74 Å². The topological polar surface area (TPSA) is 12.5 Å². The van der Waals surface area contributed by atoms with E-state index in [9.17, 15) is 0 Å². The second-order valence-corrected chi connectivity index (χ2v) is 8.22. The van der Waals surface area contributed by atoms with E-state index >= 15 is 0 Å². The van der Waals surface area contributed by atoms with Crippen molar-refractivity contribution in [3.05, 3.63) is 70.8 Å². The van der Waals surface area contributed by atoms with Crippen LogP contribution in [0.1, 0.15) is 68.6 Å². The second kappa shape index (κ2) is 8.96. The van der Waals surface area contributed by atoms with E-state index in [1.54, 1.807) is 5.57 Å². The molecule has 2 nitrogen and oxygen atoms in total. The van der Waals surface area contributed by atoms with Gasteiger partial charge in [0.15, 0.2) is 0 Å². The Kier molecular flexibility index (Phi) is 6.17. The minimum Gasteiger partial charge on any atom is -0.494 e. The molecule has 148 valence electrons. The van der Waals surface area contributed by atoms with Gasteiger partial charge in [-0.05, 0) is 74.5 Å². The van der Waals surface area contributed by atoms with Crippen LogP contribution in [0.15, 0.2) is 54.1 Å². The van der Waals surface area contributed by atoms with Crippen LogP contribution in [-0.4, -0.2) is 30.6 Å². The standard InChI is InChI=1S/C26H33NO/c1-3-28-24-15-13-21(14-16-24)20(2)25-11-6-4-9-22(25)19-23-10-5-7-12-26(23)27-17-8-18-27/h4,6,9,11,13-16,19-20,26H,3,5,7-8,10,12,17-18H2,1-2H3. The van der Waals surface area contributed by atoms with Crippen LogP contribution in [0.5, 0.6) is 5.75 Å². The van der Waals surface area contributed by atoms with E-state index in [1.165, 1.54) is 61.9 Å². The third-order valence-corrected chi connectivity index (χ3v) is 6.45. The van der Waals surface area contributed by atoms with Crippen molar-refractivity contribution in [3.63, 3.8) is 0 Å². The predicted octanol–water partition coefficient (Wildman–Crippen LogP) is 6.27. The Labute approximate surface area is 170 Å². The summed E-state index contributed by atoms with van der Waals surface area (Å²) in [4.78, 5) is 2.68. The number of nitrogens with zero attached hydrogens (tertiary/aromatic N) is 1. The summed E-state index contributed by atoms with van der Waals surface area (Å²) in [5, 5.41) is 0. The van der Waals surface area contributed by atoms with Gasteiger partial charge in [0.05, 0.1) is 6.61 Å². The van der Waals surface area contributed by atoms with E-state index < -0.39 is 0 Å². The van der Waals surface area contributed by atoms with Crippen molar-refractivity contribution in [1.82, 2.24) is 4.90 Å². The summed E-state index contributed by atoms with van der Waals surface area (Å²) >= 11 is 0. The van der Waals surface area contributed by atoms with Crippen molar-refractivity contribution in [2.24, 2.45) is 0 Å². The molecule has 2 atom stereocenters. The minimum absolute atomic E-state index is 0.370. The number of hydrogen-bond acceptors (Lipinski definition) is 2. The van der Waals surface area contributed by atoms with Gasteiger partial charge in [-0.2, -0.15) is 0 Å². The van der Waals surface area contributed by atoms with E-state index in [1.807, 2.05) is 6.92 Å². The summed E-state index contributed by atoms with van der Waals surface area (Å²) in [6.45, 7) is 7.63. The van der Waals surface area contributed by atoms with Gasteiger partial charge in [0.25, 0.3) is 0 Å². The smallest absolute Gasteiger partial charge is 0.119 e. The maximum atomic E-state index is 5.61. The highest BCUT2D eigenvalue weighted by molar-refractivity contribution is 5.60. The molecule has 2 fully saturated rings. The fraction of sp³-hybridized carbons (Fsp3) is 0.462. The van der Waals surface area contributed by atoms with Gasteiger partial charge in [0.1, 0.15) is 5.75 Å². The largest absolute Gasteiger partial charge is 0.494 e. The quantitative estimate of drug-likeness (QED) is 0.590. The van der Waals surface area contributed by atoms with Crippen molar-refractivity contribution in [1.29, 1.82) is 0 Å². The van der Waals surface area contributed by atoms with Gasteiger partial charge in [0.2, 0.25) is 0 Å². The lowest BCUT2D eigenvalue weighted by Gasteiger charge is -2.42. The molecule has 1 saturated carbocycles. The SMILES string of the molecule is CCOc1ccc(C(C)c2ccccc2C=C2CCCCC2N2CCC2)cc1. The molecular weight excluding hydrogens is 342 g/mol. The van der Waals surface area contributed by atoms with E-state index in [0.29, 0.717) is 18.6 Å². The Bertz CT molecular complexity index is 803. The van der Waals surface area contributed by atoms with Crippen LogP contribution in [0.25, 0.3) is 6.08 Å². The first-order chi connectivity index (χ1) is 13.8. The van der Waals surface area contributed by atoms with E-state index in [-0.39, 0.29) is 0 Å². The highest BCUT2D eigenvalue weighted by Gasteiger charge is 2.28. The molecule has 2 aromatic carbocycles. The molecule has 2 heteroatoms. The summed E-state index contributed by atoms with van der Waals surface area (Å²) in [5.41, 5.74) is 5.81. The molecule has 2 aliphatic rings. The summed E-state index contributed by atoms with van der Waals surface area (Å²) in [6.07, 6.45) is 9.20. The minimum atomic E-state index is 0.370. The van der Waals surface area contributed by atoms with Crippen LogP contribution in [0.2, 0.25) is 0 Å². The second-order valence-electron chi connectivity index (χ2n) is 8.22. The normalized spacial score (nSPS) is 22.6. The third-order valence-electron chi connectivity index (χ3n) is 6.45. The maximum Gasteiger partial charge on any atom is 0.119 e. The van der Waals surface area contributed by atoms with Crippen molar-refractivity contribution in [3.8, 4) is 5.75 Å². The summed E-state index contributed by atoms with van der Waals surface area (Å²) < 4.78 is 5.61. The first-order valence-electron chi connectivity index (χ1n) is 11.0. The molecule has 0 aromatic heterocycles. The molecule has 0 bridgehead atoms. The van der Waals surface area contributed by atoms with E-state index in [2.05, 4.69) is 66.4 Å². The number of rotatable bonds is 6. The van der Waals surface area contributed by atoms with Crippen LogP contribution < -0.4 is 4.74 Å². The molecule has 1 saturated heterocycles. The maximum absolute atomic E-state index is 5.61. The first-order valence-corrected chi connectivity index (χ1v) is 11.0.